The van der Waals surface area contributed by atoms with Crippen molar-refractivity contribution < 1.29 is 9.90 Å². The van der Waals surface area contributed by atoms with Crippen molar-refractivity contribution in [1.29, 1.82) is 5.26 Å². The van der Waals surface area contributed by atoms with Crippen molar-refractivity contribution in [2.45, 2.75) is 37.6 Å². The molecule has 1 atom stereocenters. The molecule has 152 valence electrons. The Hall–Kier alpha value is -2.54. The number of fused-ring (bicyclic) bond motifs is 1. The van der Waals surface area contributed by atoms with Crippen molar-refractivity contribution in [2.75, 3.05) is 17.8 Å². The van der Waals surface area contributed by atoms with Crippen molar-refractivity contribution in [2.24, 2.45) is 0 Å². The van der Waals surface area contributed by atoms with Crippen molar-refractivity contribution in [3.63, 3.8) is 0 Å². The molecule has 29 heavy (non-hydrogen) atoms. The van der Waals surface area contributed by atoms with E-state index in [0.29, 0.717) is 30.0 Å². The largest absolute Gasteiger partial charge is 0.391 e. The number of carbonyl (C=O) groups is 1. The van der Waals surface area contributed by atoms with Crippen LogP contribution in [0.1, 0.15) is 41.1 Å². The van der Waals surface area contributed by atoms with Crippen LogP contribution in [0.4, 0.5) is 5.69 Å². The highest BCUT2D eigenvalue weighted by Crippen LogP contribution is 2.33. The molecule has 3 aromatic rings. The van der Waals surface area contributed by atoms with Crippen LogP contribution < -0.4 is 4.72 Å². The third-order valence-corrected chi connectivity index (χ3v) is 6.44. The first-order chi connectivity index (χ1) is 14.1. The van der Waals surface area contributed by atoms with Gasteiger partial charge in [0.2, 0.25) is 0 Å². The van der Waals surface area contributed by atoms with Crippen LogP contribution in [0.25, 0.3) is 10.9 Å². The van der Waals surface area contributed by atoms with Gasteiger partial charge in [-0.25, -0.2) is 4.98 Å². The normalized spacial score (nSPS) is 15.7. The Labute approximate surface area is 177 Å². The van der Waals surface area contributed by atoms with Crippen LogP contribution >= 0.6 is 23.3 Å². The maximum atomic E-state index is 12.4. The van der Waals surface area contributed by atoms with E-state index in [-0.39, 0.29) is 5.91 Å². The van der Waals surface area contributed by atoms with Crippen LogP contribution in [0.5, 0.6) is 0 Å². The number of amides is 1. The van der Waals surface area contributed by atoms with Crippen LogP contribution in [0.15, 0.2) is 28.9 Å². The van der Waals surface area contributed by atoms with Gasteiger partial charge >= 0.3 is 0 Å². The molecule has 1 unspecified atom stereocenters. The zero-order valence-electron chi connectivity index (χ0n) is 16.5. The second-order valence-corrected chi connectivity index (χ2v) is 8.47. The Bertz CT molecular complexity index is 1050. The van der Waals surface area contributed by atoms with Gasteiger partial charge in [-0.15, -0.1) is 11.3 Å². The number of aromatic nitrogens is 2. The number of aryl methyl sites for hydroxylation is 1. The minimum Gasteiger partial charge on any atom is -0.391 e. The van der Waals surface area contributed by atoms with Gasteiger partial charge in [0.15, 0.2) is 4.34 Å². The molecule has 0 bridgehead atoms. The van der Waals surface area contributed by atoms with Crippen LogP contribution in [-0.2, 0) is 0 Å². The first kappa shape index (κ1) is 21.2. The van der Waals surface area contributed by atoms with Crippen LogP contribution in [-0.4, -0.2) is 45.1 Å². The molecule has 0 aliphatic carbocycles. The average Bonchev–Trinajstić information content (AvgIpc) is 3.48. The Kier molecular flexibility index (Phi) is 6.79. The second kappa shape index (κ2) is 9.31. The number of benzene rings is 1. The van der Waals surface area contributed by atoms with Crippen LogP contribution in [0, 0.1) is 18.3 Å². The van der Waals surface area contributed by atoms with E-state index in [2.05, 4.69) is 20.8 Å². The number of β-amino-alcohol motifs (C(OH)–C–C–N with tert-alkyl or cyclic N) is 1. The summed E-state index contributed by atoms with van der Waals surface area (Å²) in [6.07, 6.45) is 3.48. The summed E-state index contributed by atoms with van der Waals surface area (Å²) in [5.41, 5.74) is 3.38. The lowest BCUT2D eigenvalue weighted by Gasteiger charge is -2.13. The van der Waals surface area contributed by atoms with Gasteiger partial charge in [-0.1, -0.05) is 19.9 Å². The summed E-state index contributed by atoms with van der Waals surface area (Å²) in [6, 6.07) is 6.12. The number of hydrogen-bond acceptors (Lipinski definition) is 7. The number of hydrogen-bond donors (Lipinski definition) is 3. The van der Waals surface area contributed by atoms with E-state index < -0.39 is 6.10 Å². The predicted octanol–water partition coefficient (Wildman–Crippen LogP) is 4.16. The molecule has 1 aliphatic heterocycles. The topological polar surface area (TPSA) is 105 Å². The van der Waals surface area contributed by atoms with E-state index >= 15 is 0 Å². The summed E-state index contributed by atoms with van der Waals surface area (Å²) in [7, 11) is 0. The first-order valence-corrected chi connectivity index (χ1v) is 11.1. The lowest BCUT2D eigenvalue weighted by molar-refractivity contribution is 0.0769. The number of rotatable bonds is 4. The molecule has 2 aromatic heterocycles. The smallest absolute Gasteiger partial charge is 0.265 e. The summed E-state index contributed by atoms with van der Waals surface area (Å²) in [6.45, 7) is 6.93. The standard InChI is InChI=1S/C18H17N5O2S2.C2H6/c1-10-2-3-13(16-15(10)11(6-19)7-20-16)22-27-18-21-8-14(26-18)17(25)23-5-4-12(24)9-23;1-2/h2-3,7-8,12,20,22,24H,4-5,9H2,1H3;1-2H3. The van der Waals surface area contributed by atoms with Crippen molar-refractivity contribution in [3.8, 4) is 6.07 Å². The molecule has 9 heteroatoms. The molecule has 4 rings (SSSR count). The number of nitriles is 1. The number of H-pyrrole nitrogens is 1. The minimum atomic E-state index is -0.430. The number of likely N-dealkylation sites (tertiary alicyclic amines) is 1. The number of aliphatic hydroxyl groups is 1. The highest BCUT2D eigenvalue weighted by molar-refractivity contribution is 8.02. The van der Waals surface area contributed by atoms with Crippen molar-refractivity contribution in [1.82, 2.24) is 14.9 Å². The predicted molar refractivity (Wildman–Crippen MR) is 117 cm³/mol. The number of nitrogens with zero attached hydrogens (tertiary/aromatic N) is 3. The van der Waals surface area contributed by atoms with Gasteiger partial charge in [0.05, 0.1) is 29.1 Å². The Morgan fingerprint density at radius 2 is 2.28 bits per heavy atom. The summed E-state index contributed by atoms with van der Waals surface area (Å²) < 4.78 is 3.98. The number of carbonyl (C=O) groups excluding carboxylic acids is 1. The highest BCUT2D eigenvalue weighted by atomic mass is 32.2. The van der Waals surface area contributed by atoms with Gasteiger partial charge in [0.25, 0.3) is 5.91 Å². The SMILES string of the molecule is CC.Cc1ccc(NSc2ncc(C(=O)N3CCC(O)C3)s2)c2[nH]cc(C#N)c12. The number of aromatic amines is 1. The molecule has 0 spiro atoms. The molecule has 1 aromatic carbocycles. The molecule has 1 aliphatic rings. The van der Waals surface area contributed by atoms with E-state index in [0.717, 1.165) is 26.5 Å². The third-order valence-electron chi connectivity index (χ3n) is 4.56. The number of thiazole rings is 1. The summed E-state index contributed by atoms with van der Waals surface area (Å²) in [5, 5.41) is 19.8. The molecule has 3 heterocycles. The van der Waals surface area contributed by atoms with Crippen molar-refractivity contribution in [3.05, 3.63) is 40.5 Å². The van der Waals surface area contributed by atoms with Crippen LogP contribution in [0.3, 0.4) is 0 Å². The van der Waals surface area contributed by atoms with E-state index in [1.807, 2.05) is 32.9 Å². The maximum absolute atomic E-state index is 12.4. The molecule has 1 amide bonds. The third kappa shape index (κ3) is 4.40. The van der Waals surface area contributed by atoms with Gasteiger partial charge in [0, 0.05) is 36.6 Å². The fourth-order valence-electron chi connectivity index (χ4n) is 3.18. The fourth-order valence-corrected chi connectivity index (χ4v) is 4.83. The van der Waals surface area contributed by atoms with E-state index in [4.69, 9.17) is 0 Å². The van der Waals surface area contributed by atoms with Gasteiger partial charge in [-0.2, -0.15) is 5.26 Å². The number of aliphatic hydroxyl groups excluding tert-OH is 1. The zero-order chi connectivity index (χ0) is 21.0. The quantitative estimate of drug-likeness (QED) is 0.538. The lowest BCUT2D eigenvalue weighted by atomic mass is 10.1. The molecule has 0 radical (unpaired) electrons. The zero-order valence-corrected chi connectivity index (χ0v) is 18.2. The summed E-state index contributed by atoms with van der Waals surface area (Å²) >= 11 is 2.65. The molecular formula is C20H23N5O2S2. The van der Waals surface area contributed by atoms with Crippen LogP contribution in [0.2, 0.25) is 0 Å². The van der Waals surface area contributed by atoms with Crippen molar-refractivity contribution >= 4 is 45.8 Å². The van der Waals surface area contributed by atoms with Gasteiger partial charge in [-0.05, 0) is 25.0 Å². The van der Waals surface area contributed by atoms with Gasteiger partial charge < -0.3 is 19.7 Å². The molecule has 3 N–H and O–H groups in total. The van der Waals surface area contributed by atoms with E-state index in [1.54, 1.807) is 17.3 Å². The number of anilines is 1. The Morgan fingerprint density at radius 3 is 2.97 bits per heavy atom. The molecule has 1 saturated heterocycles. The minimum absolute atomic E-state index is 0.0864. The lowest BCUT2D eigenvalue weighted by Crippen LogP contribution is -2.28. The first-order valence-electron chi connectivity index (χ1n) is 9.43. The molecular weight excluding hydrogens is 406 g/mol. The summed E-state index contributed by atoms with van der Waals surface area (Å²) in [5.74, 6) is -0.0864. The Morgan fingerprint density at radius 1 is 1.48 bits per heavy atom. The maximum Gasteiger partial charge on any atom is 0.265 e. The second-order valence-electron chi connectivity index (χ2n) is 6.38. The monoisotopic (exact) mass is 429 g/mol. The summed E-state index contributed by atoms with van der Waals surface area (Å²) in [4.78, 5) is 22.1. The highest BCUT2D eigenvalue weighted by Gasteiger charge is 2.26. The van der Waals surface area contributed by atoms with E-state index in [9.17, 15) is 15.2 Å². The molecule has 7 nitrogen and oxygen atoms in total. The average molecular weight is 430 g/mol. The van der Waals surface area contributed by atoms with E-state index in [1.165, 1.54) is 23.3 Å². The molecule has 1 fully saturated rings. The molecule has 0 saturated carbocycles. The van der Waals surface area contributed by atoms with Gasteiger partial charge in [0.1, 0.15) is 10.9 Å². The van der Waals surface area contributed by atoms with Gasteiger partial charge in [-0.3, -0.25) is 4.79 Å². The number of nitrogens with one attached hydrogen (secondary N) is 2. The fraction of sp³-hybridized carbons (Fsp3) is 0.350. The Balaban J connectivity index is 0.00000117.